The first kappa shape index (κ1) is 11.4. The molecule has 0 aromatic heterocycles. The van der Waals surface area contributed by atoms with Gasteiger partial charge in [-0.15, -0.1) is 0 Å². The van der Waals surface area contributed by atoms with E-state index < -0.39 is 0 Å². The Labute approximate surface area is 91.9 Å². The molecular formula is C11H13BrFN. The number of nitrogens with two attached hydrogens (primary N) is 1. The molecule has 3 heteroatoms. The van der Waals surface area contributed by atoms with Crippen LogP contribution in [-0.4, -0.2) is 6.54 Å². The largest absolute Gasteiger partial charge is 0.327 e. The lowest BCUT2D eigenvalue weighted by Crippen LogP contribution is -2.01. The molecule has 0 aliphatic carbocycles. The van der Waals surface area contributed by atoms with Crippen LogP contribution in [0.3, 0.4) is 0 Å². The van der Waals surface area contributed by atoms with Gasteiger partial charge in [0.05, 0.1) is 0 Å². The first-order valence-corrected chi connectivity index (χ1v) is 5.30. The van der Waals surface area contributed by atoms with E-state index in [2.05, 4.69) is 15.9 Å². The second kappa shape index (κ2) is 5.27. The minimum absolute atomic E-state index is 0.238. The Morgan fingerprint density at radius 1 is 1.50 bits per heavy atom. The smallest absolute Gasteiger partial charge is 0.124 e. The molecule has 0 radical (unpaired) electrons. The molecule has 0 aliphatic rings. The number of hydrogen-bond acceptors (Lipinski definition) is 1. The van der Waals surface area contributed by atoms with Crippen molar-refractivity contribution in [1.82, 2.24) is 0 Å². The third-order valence-corrected chi connectivity index (χ3v) is 2.43. The number of halogens is 2. The van der Waals surface area contributed by atoms with Crippen molar-refractivity contribution >= 4 is 22.0 Å². The summed E-state index contributed by atoms with van der Waals surface area (Å²) < 4.78 is 13.7. The second-order valence-electron chi connectivity index (χ2n) is 3.06. The second-order valence-corrected chi connectivity index (χ2v) is 3.98. The van der Waals surface area contributed by atoms with Crippen LogP contribution in [0.25, 0.3) is 6.08 Å². The van der Waals surface area contributed by atoms with E-state index in [1.807, 2.05) is 19.1 Å². The highest BCUT2D eigenvalue weighted by atomic mass is 79.9. The summed E-state index contributed by atoms with van der Waals surface area (Å²) >= 11 is 3.25. The van der Waals surface area contributed by atoms with Gasteiger partial charge in [0, 0.05) is 11.0 Å². The van der Waals surface area contributed by atoms with E-state index in [1.54, 1.807) is 0 Å². The van der Waals surface area contributed by atoms with E-state index in [9.17, 15) is 4.39 Å². The first-order valence-electron chi connectivity index (χ1n) is 4.51. The van der Waals surface area contributed by atoms with Gasteiger partial charge in [-0.25, -0.2) is 4.39 Å². The van der Waals surface area contributed by atoms with Crippen molar-refractivity contribution < 1.29 is 4.39 Å². The summed E-state index contributed by atoms with van der Waals surface area (Å²) in [6.45, 7) is 2.55. The van der Waals surface area contributed by atoms with Gasteiger partial charge in [-0.05, 0) is 30.2 Å². The average Bonchev–Trinajstić information content (AvgIpc) is 2.12. The molecule has 0 saturated carbocycles. The SMILES string of the molecule is CC/C(=C/c1cc(F)cc(Br)c1)CN. The highest BCUT2D eigenvalue weighted by Crippen LogP contribution is 2.17. The van der Waals surface area contributed by atoms with Gasteiger partial charge in [-0.1, -0.05) is 34.5 Å². The van der Waals surface area contributed by atoms with Gasteiger partial charge in [-0.2, -0.15) is 0 Å². The summed E-state index contributed by atoms with van der Waals surface area (Å²) in [5.41, 5.74) is 7.49. The Morgan fingerprint density at radius 3 is 2.71 bits per heavy atom. The normalized spacial score (nSPS) is 11.9. The predicted octanol–water partition coefficient (Wildman–Crippen LogP) is 3.34. The van der Waals surface area contributed by atoms with Crippen LogP contribution in [0.1, 0.15) is 18.9 Å². The molecule has 76 valence electrons. The van der Waals surface area contributed by atoms with Gasteiger partial charge in [0.25, 0.3) is 0 Å². The zero-order chi connectivity index (χ0) is 10.6. The number of benzene rings is 1. The molecule has 0 aliphatic heterocycles. The molecule has 0 unspecified atom stereocenters. The third kappa shape index (κ3) is 3.24. The van der Waals surface area contributed by atoms with Crippen molar-refractivity contribution in [2.24, 2.45) is 5.73 Å². The summed E-state index contributed by atoms with van der Waals surface area (Å²) in [6.07, 6.45) is 2.82. The van der Waals surface area contributed by atoms with Crippen LogP contribution >= 0.6 is 15.9 Å². The standard InChI is InChI=1S/C11H13BrFN/c1-2-8(7-14)3-9-4-10(12)6-11(13)5-9/h3-6H,2,7,14H2,1H3/b8-3-. The van der Waals surface area contributed by atoms with Crippen LogP contribution in [0, 0.1) is 5.82 Å². The highest BCUT2D eigenvalue weighted by Gasteiger charge is 1.97. The Morgan fingerprint density at radius 2 is 2.21 bits per heavy atom. The molecule has 0 fully saturated rings. The van der Waals surface area contributed by atoms with Crippen molar-refractivity contribution in [3.63, 3.8) is 0 Å². The van der Waals surface area contributed by atoms with Gasteiger partial charge in [0.1, 0.15) is 5.82 Å². The van der Waals surface area contributed by atoms with Crippen molar-refractivity contribution in [2.45, 2.75) is 13.3 Å². The van der Waals surface area contributed by atoms with E-state index in [-0.39, 0.29) is 5.82 Å². The van der Waals surface area contributed by atoms with Crippen LogP contribution in [0.5, 0.6) is 0 Å². The van der Waals surface area contributed by atoms with Gasteiger partial charge in [0.15, 0.2) is 0 Å². The molecule has 14 heavy (non-hydrogen) atoms. The topological polar surface area (TPSA) is 26.0 Å². The fourth-order valence-electron chi connectivity index (χ4n) is 1.20. The first-order chi connectivity index (χ1) is 6.65. The van der Waals surface area contributed by atoms with E-state index in [0.717, 1.165) is 22.0 Å². The van der Waals surface area contributed by atoms with Crippen LogP contribution < -0.4 is 5.73 Å². The van der Waals surface area contributed by atoms with E-state index in [1.165, 1.54) is 12.1 Å². The van der Waals surface area contributed by atoms with Gasteiger partial charge in [0.2, 0.25) is 0 Å². The van der Waals surface area contributed by atoms with Crippen LogP contribution in [0.2, 0.25) is 0 Å². The fraction of sp³-hybridized carbons (Fsp3) is 0.273. The highest BCUT2D eigenvalue weighted by molar-refractivity contribution is 9.10. The summed E-state index contributed by atoms with van der Waals surface area (Å²) in [5.74, 6) is -0.238. The lowest BCUT2D eigenvalue weighted by Gasteiger charge is -2.01. The maximum atomic E-state index is 13.0. The van der Waals surface area contributed by atoms with Crippen molar-refractivity contribution in [2.75, 3.05) is 6.54 Å². The van der Waals surface area contributed by atoms with E-state index in [0.29, 0.717) is 6.54 Å². The lowest BCUT2D eigenvalue weighted by molar-refractivity contribution is 0.626. The molecule has 0 bridgehead atoms. The van der Waals surface area contributed by atoms with E-state index in [4.69, 9.17) is 5.73 Å². The van der Waals surface area contributed by atoms with Gasteiger partial charge >= 0.3 is 0 Å². The van der Waals surface area contributed by atoms with E-state index >= 15 is 0 Å². The summed E-state index contributed by atoms with van der Waals surface area (Å²) in [7, 11) is 0. The lowest BCUT2D eigenvalue weighted by atomic mass is 10.1. The monoisotopic (exact) mass is 257 g/mol. The molecule has 1 rings (SSSR count). The third-order valence-electron chi connectivity index (χ3n) is 1.97. The molecule has 1 aromatic carbocycles. The number of rotatable bonds is 3. The summed E-state index contributed by atoms with van der Waals surface area (Å²) in [6, 6.07) is 4.80. The Kier molecular flexibility index (Phi) is 4.29. The molecule has 0 atom stereocenters. The summed E-state index contributed by atoms with van der Waals surface area (Å²) in [5, 5.41) is 0. The zero-order valence-electron chi connectivity index (χ0n) is 8.06. The van der Waals surface area contributed by atoms with Crippen molar-refractivity contribution in [1.29, 1.82) is 0 Å². The van der Waals surface area contributed by atoms with Crippen molar-refractivity contribution in [3.8, 4) is 0 Å². The van der Waals surface area contributed by atoms with Crippen molar-refractivity contribution in [3.05, 3.63) is 39.6 Å². The predicted molar refractivity (Wildman–Crippen MR) is 61.4 cm³/mol. The van der Waals surface area contributed by atoms with Crippen LogP contribution in [0.15, 0.2) is 28.2 Å². The minimum atomic E-state index is -0.238. The van der Waals surface area contributed by atoms with Crippen LogP contribution in [0.4, 0.5) is 4.39 Å². The number of hydrogen-bond donors (Lipinski definition) is 1. The van der Waals surface area contributed by atoms with Gasteiger partial charge < -0.3 is 5.73 Å². The van der Waals surface area contributed by atoms with Crippen LogP contribution in [-0.2, 0) is 0 Å². The molecule has 1 aromatic rings. The Balaban J connectivity index is 3.01. The summed E-state index contributed by atoms with van der Waals surface area (Å²) in [4.78, 5) is 0. The Bertz CT molecular complexity index is 321. The Hall–Kier alpha value is -0.670. The van der Waals surface area contributed by atoms with Gasteiger partial charge in [-0.3, -0.25) is 0 Å². The molecule has 0 heterocycles. The molecular weight excluding hydrogens is 245 g/mol. The molecule has 0 saturated heterocycles. The fourth-order valence-corrected chi connectivity index (χ4v) is 1.68. The molecule has 0 spiro atoms. The molecule has 1 nitrogen and oxygen atoms in total. The average molecular weight is 258 g/mol. The maximum Gasteiger partial charge on any atom is 0.124 e. The minimum Gasteiger partial charge on any atom is -0.327 e. The molecule has 0 amide bonds. The zero-order valence-corrected chi connectivity index (χ0v) is 9.64. The molecule has 2 N–H and O–H groups in total. The quantitative estimate of drug-likeness (QED) is 0.884. The maximum absolute atomic E-state index is 13.0.